The van der Waals surface area contributed by atoms with E-state index in [0.717, 1.165) is 48.0 Å². The van der Waals surface area contributed by atoms with E-state index in [-0.39, 0.29) is 5.91 Å². The van der Waals surface area contributed by atoms with Gasteiger partial charge >= 0.3 is 0 Å². The van der Waals surface area contributed by atoms with Crippen LogP contribution in [0.5, 0.6) is 5.75 Å². The van der Waals surface area contributed by atoms with Crippen molar-refractivity contribution in [2.75, 3.05) is 31.2 Å². The maximum absolute atomic E-state index is 12.4. The molecule has 1 unspecified atom stereocenters. The van der Waals surface area contributed by atoms with Crippen LogP contribution in [0, 0.1) is 13.8 Å². The van der Waals surface area contributed by atoms with Crippen molar-refractivity contribution in [3.8, 4) is 5.75 Å². The number of anilines is 1. The molecule has 2 aromatic carbocycles. The molecule has 1 aliphatic rings. The number of ether oxygens (including phenoxy) is 2. The topological polar surface area (TPSA) is 50.8 Å². The van der Waals surface area contributed by atoms with Crippen molar-refractivity contribution >= 4 is 23.2 Å². The molecule has 3 rings (SSSR count). The summed E-state index contributed by atoms with van der Waals surface area (Å²) in [5, 5.41) is 3.66. The zero-order chi connectivity index (χ0) is 20.1. The molecule has 5 nitrogen and oxygen atoms in total. The maximum atomic E-state index is 12.4. The standard InChI is InChI=1S/C22H27ClN2O3/c1-15-12-20(13-16(2)21(15)23)28-17(3)22(26)24-14-18-4-6-19(7-5-18)25-8-10-27-11-9-25/h4-7,12-13,17H,8-11,14H2,1-3H3,(H,24,26). The third-order valence-corrected chi connectivity index (χ3v) is 5.47. The number of benzene rings is 2. The molecule has 1 heterocycles. The number of aryl methyl sites for hydroxylation is 2. The highest BCUT2D eigenvalue weighted by atomic mass is 35.5. The number of morpholine rings is 1. The lowest BCUT2D eigenvalue weighted by Gasteiger charge is -2.28. The summed E-state index contributed by atoms with van der Waals surface area (Å²) in [6.07, 6.45) is -0.590. The summed E-state index contributed by atoms with van der Waals surface area (Å²) in [6, 6.07) is 12.0. The molecular weight excluding hydrogens is 376 g/mol. The molecule has 1 N–H and O–H groups in total. The van der Waals surface area contributed by atoms with Crippen LogP contribution in [0.15, 0.2) is 36.4 Å². The number of halogens is 1. The van der Waals surface area contributed by atoms with Crippen LogP contribution in [0.3, 0.4) is 0 Å². The lowest BCUT2D eigenvalue weighted by Crippen LogP contribution is -2.36. The normalized spacial score (nSPS) is 15.2. The minimum atomic E-state index is -0.590. The summed E-state index contributed by atoms with van der Waals surface area (Å²) in [4.78, 5) is 14.7. The highest BCUT2D eigenvalue weighted by molar-refractivity contribution is 6.32. The molecule has 1 fully saturated rings. The molecule has 0 saturated carbocycles. The summed E-state index contributed by atoms with van der Waals surface area (Å²) in [5.41, 5.74) is 4.11. The Morgan fingerprint density at radius 3 is 2.39 bits per heavy atom. The van der Waals surface area contributed by atoms with Crippen LogP contribution < -0.4 is 15.0 Å². The fourth-order valence-corrected chi connectivity index (χ4v) is 3.32. The summed E-state index contributed by atoms with van der Waals surface area (Å²) >= 11 is 6.18. The van der Waals surface area contributed by atoms with E-state index in [1.54, 1.807) is 6.92 Å². The average Bonchev–Trinajstić information content (AvgIpc) is 2.71. The van der Waals surface area contributed by atoms with E-state index >= 15 is 0 Å². The number of hydrogen-bond acceptors (Lipinski definition) is 4. The highest BCUT2D eigenvalue weighted by Gasteiger charge is 2.16. The Morgan fingerprint density at radius 1 is 1.18 bits per heavy atom. The van der Waals surface area contributed by atoms with Crippen molar-refractivity contribution in [1.29, 1.82) is 0 Å². The Morgan fingerprint density at radius 2 is 1.79 bits per heavy atom. The summed E-state index contributed by atoms with van der Waals surface area (Å²) in [6.45, 7) is 9.42. The quantitative estimate of drug-likeness (QED) is 0.796. The van der Waals surface area contributed by atoms with E-state index in [1.165, 1.54) is 5.69 Å². The first kappa shape index (κ1) is 20.5. The SMILES string of the molecule is Cc1cc(OC(C)C(=O)NCc2ccc(N3CCOCC3)cc2)cc(C)c1Cl. The monoisotopic (exact) mass is 402 g/mol. The summed E-state index contributed by atoms with van der Waals surface area (Å²) in [7, 11) is 0. The Balaban J connectivity index is 1.51. The van der Waals surface area contributed by atoms with E-state index in [1.807, 2.05) is 38.1 Å². The first-order valence-corrected chi connectivity index (χ1v) is 9.94. The van der Waals surface area contributed by atoms with Gasteiger partial charge in [0.05, 0.1) is 13.2 Å². The van der Waals surface area contributed by atoms with Gasteiger partial charge in [-0.1, -0.05) is 23.7 Å². The van der Waals surface area contributed by atoms with Crippen molar-refractivity contribution in [3.05, 3.63) is 58.1 Å². The van der Waals surface area contributed by atoms with E-state index < -0.39 is 6.10 Å². The molecular formula is C22H27ClN2O3. The molecule has 2 aromatic rings. The van der Waals surface area contributed by atoms with Crippen LogP contribution in [-0.2, 0) is 16.1 Å². The molecule has 28 heavy (non-hydrogen) atoms. The van der Waals surface area contributed by atoms with Gasteiger partial charge in [0.25, 0.3) is 5.91 Å². The minimum absolute atomic E-state index is 0.150. The molecule has 1 atom stereocenters. The zero-order valence-corrected chi connectivity index (χ0v) is 17.4. The van der Waals surface area contributed by atoms with Crippen LogP contribution >= 0.6 is 11.6 Å². The van der Waals surface area contributed by atoms with Crippen molar-refractivity contribution in [2.24, 2.45) is 0 Å². The Kier molecular flexibility index (Phi) is 6.81. The Hall–Kier alpha value is -2.24. The maximum Gasteiger partial charge on any atom is 0.261 e. The van der Waals surface area contributed by atoms with Gasteiger partial charge in [0.15, 0.2) is 6.10 Å². The van der Waals surface area contributed by atoms with Gasteiger partial charge < -0.3 is 19.7 Å². The molecule has 0 spiro atoms. The molecule has 6 heteroatoms. The van der Waals surface area contributed by atoms with Gasteiger partial charge in [-0.15, -0.1) is 0 Å². The number of carbonyl (C=O) groups is 1. The molecule has 150 valence electrons. The minimum Gasteiger partial charge on any atom is -0.481 e. The molecule has 0 radical (unpaired) electrons. The fraction of sp³-hybridized carbons (Fsp3) is 0.409. The largest absolute Gasteiger partial charge is 0.481 e. The van der Waals surface area contributed by atoms with Crippen LogP contribution in [0.25, 0.3) is 0 Å². The number of rotatable bonds is 6. The van der Waals surface area contributed by atoms with Gasteiger partial charge in [-0.3, -0.25) is 4.79 Å². The Labute approximate surface area is 171 Å². The highest BCUT2D eigenvalue weighted by Crippen LogP contribution is 2.26. The van der Waals surface area contributed by atoms with Crippen molar-refractivity contribution in [3.63, 3.8) is 0 Å². The van der Waals surface area contributed by atoms with Gasteiger partial charge in [0, 0.05) is 30.3 Å². The number of hydrogen-bond donors (Lipinski definition) is 1. The first-order valence-electron chi connectivity index (χ1n) is 9.57. The van der Waals surface area contributed by atoms with E-state index in [0.29, 0.717) is 12.3 Å². The van der Waals surface area contributed by atoms with Crippen molar-refractivity contribution < 1.29 is 14.3 Å². The zero-order valence-electron chi connectivity index (χ0n) is 16.6. The first-order chi connectivity index (χ1) is 13.4. The van der Waals surface area contributed by atoms with Crippen LogP contribution in [0.4, 0.5) is 5.69 Å². The van der Waals surface area contributed by atoms with E-state index in [4.69, 9.17) is 21.1 Å². The van der Waals surface area contributed by atoms with E-state index in [9.17, 15) is 4.79 Å². The fourth-order valence-electron chi connectivity index (χ4n) is 3.21. The predicted molar refractivity (Wildman–Crippen MR) is 112 cm³/mol. The number of amides is 1. The molecule has 1 aliphatic heterocycles. The second-order valence-electron chi connectivity index (χ2n) is 7.11. The van der Waals surface area contributed by atoms with Gasteiger partial charge in [0.1, 0.15) is 5.75 Å². The second kappa shape index (κ2) is 9.30. The lowest BCUT2D eigenvalue weighted by molar-refractivity contribution is -0.127. The molecule has 1 saturated heterocycles. The molecule has 0 aliphatic carbocycles. The van der Waals surface area contributed by atoms with Gasteiger partial charge in [-0.05, 0) is 61.7 Å². The van der Waals surface area contributed by atoms with Crippen LogP contribution in [0.1, 0.15) is 23.6 Å². The predicted octanol–water partition coefficient (Wildman–Crippen LogP) is 3.88. The van der Waals surface area contributed by atoms with Crippen molar-refractivity contribution in [1.82, 2.24) is 5.32 Å². The number of nitrogens with one attached hydrogen (secondary N) is 1. The van der Waals surface area contributed by atoms with Gasteiger partial charge in [-0.25, -0.2) is 0 Å². The summed E-state index contributed by atoms with van der Waals surface area (Å²) in [5.74, 6) is 0.499. The average molecular weight is 403 g/mol. The summed E-state index contributed by atoms with van der Waals surface area (Å²) < 4.78 is 11.2. The second-order valence-corrected chi connectivity index (χ2v) is 7.49. The lowest BCUT2D eigenvalue weighted by atomic mass is 10.1. The molecule has 0 bridgehead atoms. The number of nitrogens with zero attached hydrogens (tertiary/aromatic N) is 1. The number of carbonyl (C=O) groups excluding carboxylic acids is 1. The van der Waals surface area contributed by atoms with E-state index in [2.05, 4.69) is 22.3 Å². The smallest absolute Gasteiger partial charge is 0.261 e. The molecule has 0 aromatic heterocycles. The third kappa shape index (κ3) is 5.18. The van der Waals surface area contributed by atoms with Gasteiger partial charge in [0.2, 0.25) is 0 Å². The van der Waals surface area contributed by atoms with Gasteiger partial charge in [-0.2, -0.15) is 0 Å². The Bertz CT molecular complexity index is 794. The van der Waals surface area contributed by atoms with Crippen LogP contribution in [0.2, 0.25) is 5.02 Å². The van der Waals surface area contributed by atoms with Crippen molar-refractivity contribution in [2.45, 2.75) is 33.4 Å². The van der Waals surface area contributed by atoms with Crippen LogP contribution in [-0.4, -0.2) is 38.3 Å². The third-order valence-electron chi connectivity index (χ3n) is 4.87. The molecule has 1 amide bonds.